The van der Waals surface area contributed by atoms with Gasteiger partial charge in [0, 0.05) is 19.3 Å². The van der Waals surface area contributed by atoms with Gasteiger partial charge in [0.15, 0.2) is 11.5 Å². The van der Waals surface area contributed by atoms with Gasteiger partial charge in [0.05, 0.1) is 33.0 Å². The molecule has 174 valence electrons. The highest BCUT2D eigenvalue weighted by Gasteiger charge is 2.25. The van der Waals surface area contributed by atoms with Crippen molar-refractivity contribution in [3.63, 3.8) is 0 Å². The fourth-order valence-electron chi connectivity index (χ4n) is 3.64. The Bertz CT molecular complexity index is 1080. The van der Waals surface area contributed by atoms with Gasteiger partial charge in [-0.2, -0.15) is 0 Å². The zero-order valence-electron chi connectivity index (χ0n) is 19.0. The lowest BCUT2D eigenvalue weighted by atomic mass is 10.0. The lowest BCUT2D eigenvalue weighted by Gasteiger charge is -2.26. The molecular weight excluding hydrogens is 444 g/mol. The molecule has 1 heterocycles. The fraction of sp³-hybridized carbons (Fsp3) is 0.280. The van der Waals surface area contributed by atoms with E-state index in [0.717, 1.165) is 11.1 Å². The molecule has 3 aromatic rings. The number of aromatic nitrogens is 1. The molecule has 0 spiro atoms. The summed E-state index contributed by atoms with van der Waals surface area (Å²) in [5, 5.41) is 10.2. The van der Waals surface area contributed by atoms with Gasteiger partial charge >= 0.3 is 0 Å². The zero-order chi connectivity index (χ0) is 24.0. The van der Waals surface area contributed by atoms with Crippen molar-refractivity contribution >= 4 is 17.5 Å². The Morgan fingerprint density at radius 1 is 1.06 bits per heavy atom. The average Bonchev–Trinajstić information content (AvgIpc) is 2.82. The van der Waals surface area contributed by atoms with E-state index in [4.69, 9.17) is 25.8 Å². The molecule has 0 aliphatic heterocycles. The Morgan fingerprint density at radius 2 is 1.70 bits per heavy atom. The first kappa shape index (κ1) is 24.4. The van der Waals surface area contributed by atoms with Crippen LogP contribution in [0.4, 0.5) is 0 Å². The van der Waals surface area contributed by atoms with Crippen LogP contribution < -0.4 is 14.2 Å². The minimum Gasteiger partial charge on any atom is -0.493 e. The van der Waals surface area contributed by atoms with Crippen molar-refractivity contribution in [2.45, 2.75) is 19.6 Å². The van der Waals surface area contributed by atoms with E-state index in [1.54, 1.807) is 31.3 Å². The number of amides is 1. The highest BCUT2D eigenvalue weighted by Crippen LogP contribution is 2.39. The Labute approximate surface area is 198 Å². The molecule has 0 fully saturated rings. The summed E-state index contributed by atoms with van der Waals surface area (Å²) in [6.07, 6.45) is 0.811. The first-order valence-electron chi connectivity index (χ1n) is 10.4. The molecule has 0 radical (unpaired) electrons. The lowest BCUT2D eigenvalue weighted by molar-refractivity contribution is 0.0630. The normalized spacial score (nSPS) is 11.6. The number of ether oxygens (including phenoxy) is 3. The van der Waals surface area contributed by atoms with Crippen molar-refractivity contribution in [2.75, 3.05) is 27.9 Å². The molecule has 3 rings (SSSR count). The topological polar surface area (TPSA) is 81.1 Å². The van der Waals surface area contributed by atoms with Gasteiger partial charge in [-0.25, -0.2) is 4.98 Å². The number of hydrogen-bond donors (Lipinski definition) is 1. The smallest absolute Gasteiger partial charge is 0.258 e. The highest BCUT2D eigenvalue weighted by molar-refractivity contribution is 6.33. The highest BCUT2D eigenvalue weighted by atomic mass is 35.5. The van der Waals surface area contributed by atoms with Crippen LogP contribution in [0, 0.1) is 0 Å². The molecule has 0 saturated carbocycles. The molecule has 0 aliphatic rings. The van der Waals surface area contributed by atoms with Crippen LogP contribution in [0.15, 0.2) is 54.7 Å². The summed E-state index contributed by atoms with van der Waals surface area (Å²) in [7, 11) is 4.58. The minimum absolute atomic E-state index is 0.0922. The molecule has 0 aliphatic carbocycles. The van der Waals surface area contributed by atoms with E-state index in [0.29, 0.717) is 22.8 Å². The molecule has 8 heteroatoms. The van der Waals surface area contributed by atoms with Gasteiger partial charge in [-0.3, -0.25) is 4.79 Å². The zero-order valence-corrected chi connectivity index (χ0v) is 19.8. The Balaban J connectivity index is 2.05. The van der Waals surface area contributed by atoms with E-state index in [1.807, 2.05) is 30.3 Å². The van der Waals surface area contributed by atoms with Gasteiger partial charge in [-0.15, -0.1) is 0 Å². The Hall–Kier alpha value is -3.29. The van der Waals surface area contributed by atoms with E-state index in [1.165, 1.54) is 26.2 Å². The van der Waals surface area contributed by atoms with Crippen molar-refractivity contribution in [3.05, 3.63) is 71.0 Å². The van der Waals surface area contributed by atoms with Crippen LogP contribution in [0.3, 0.4) is 0 Å². The summed E-state index contributed by atoms with van der Waals surface area (Å²) in [6.45, 7) is 1.90. The molecule has 1 atom stereocenters. The number of halogens is 1. The van der Waals surface area contributed by atoms with Crippen molar-refractivity contribution in [3.8, 4) is 28.4 Å². The van der Waals surface area contributed by atoms with Crippen LogP contribution in [0.2, 0.25) is 5.15 Å². The predicted molar refractivity (Wildman–Crippen MR) is 127 cm³/mol. The van der Waals surface area contributed by atoms with Gasteiger partial charge < -0.3 is 24.2 Å². The van der Waals surface area contributed by atoms with Gasteiger partial charge in [0.1, 0.15) is 5.15 Å². The molecule has 0 saturated heterocycles. The third-order valence-electron chi connectivity index (χ3n) is 5.07. The number of hydrogen-bond acceptors (Lipinski definition) is 6. The second-order valence-corrected chi connectivity index (χ2v) is 7.82. The predicted octanol–water partition coefficient (Wildman–Crippen LogP) is 4.45. The summed E-state index contributed by atoms with van der Waals surface area (Å²) in [6, 6.07) is 14.8. The van der Waals surface area contributed by atoms with Crippen LogP contribution in [0.5, 0.6) is 17.2 Å². The van der Waals surface area contributed by atoms with E-state index in [2.05, 4.69) is 4.98 Å². The standard InChI is InChI=1S/C25H27ClN2O5/c1-16(29)14-28(15-17-12-20(31-2)23(33-4)21(13-17)32-3)25(30)22-19(10-11-27-24(22)26)18-8-6-5-7-9-18/h5-13,16,29H,14-15H2,1-4H3. The maximum Gasteiger partial charge on any atom is 0.258 e. The largest absolute Gasteiger partial charge is 0.493 e. The molecule has 1 unspecified atom stereocenters. The molecule has 1 aromatic heterocycles. The van der Waals surface area contributed by atoms with Crippen LogP contribution >= 0.6 is 11.6 Å². The van der Waals surface area contributed by atoms with Crippen LogP contribution in [0.1, 0.15) is 22.8 Å². The minimum atomic E-state index is -0.758. The SMILES string of the molecule is COc1cc(CN(CC(C)O)C(=O)c2c(-c3ccccc3)ccnc2Cl)cc(OC)c1OC. The maximum absolute atomic E-state index is 13.7. The van der Waals surface area contributed by atoms with E-state index < -0.39 is 6.10 Å². The number of methoxy groups -OCH3 is 3. The van der Waals surface area contributed by atoms with Crippen molar-refractivity contribution in [1.29, 1.82) is 0 Å². The lowest BCUT2D eigenvalue weighted by Crippen LogP contribution is -2.36. The molecule has 1 amide bonds. The summed E-state index contributed by atoms with van der Waals surface area (Å²) >= 11 is 6.42. The molecular formula is C25H27ClN2O5. The van der Waals surface area contributed by atoms with Crippen LogP contribution in [0.25, 0.3) is 11.1 Å². The Morgan fingerprint density at radius 3 is 2.24 bits per heavy atom. The second-order valence-electron chi connectivity index (χ2n) is 7.46. The Kier molecular flexibility index (Phi) is 8.14. The van der Waals surface area contributed by atoms with E-state index in [9.17, 15) is 9.90 Å². The fourth-order valence-corrected chi connectivity index (χ4v) is 3.88. The van der Waals surface area contributed by atoms with Gasteiger partial charge in [-0.1, -0.05) is 41.9 Å². The number of nitrogens with zero attached hydrogens (tertiary/aromatic N) is 2. The number of carbonyl (C=O) groups excluding carboxylic acids is 1. The number of aliphatic hydroxyl groups is 1. The first-order chi connectivity index (χ1) is 15.9. The number of aliphatic hydroxyl groups excluding tert-OH is 1. The van der Waals surface area contributed by atoms with Crippen molar-refractivity contribution in [1.82, 2.24) is 9.88 Å². The number of pyridine rings is 1. The number of carbonyl (C=O) groups is 1. The van der Waals surface area contributed by atoms with Gasteiger partial charge in [-0.05, 0) is 41.8 Å². The summed E-state index contributed by atoms with van der Waals surface area (Å²) in [5.74, 6) is 1.06. The van der Waals surface area contributed by atoms with Gasteiger partial charge in [0.2, 0.25) is 5.75 Å². The molecule has 2 aromatic carbocycles. The monoisotopic (exact) mass is 470 g/mol. The maximum atomic E-state index is 13.7. The quantitative estimate of drug-likeness (QED) is 0.465. The number of rotatable bonds is 9. The molecule has 7 nitrogen and oxygen atoms in total. The molecule has 0 bridgehead atoms. The molecule has 33 heavy (non-hydrogen) atoms. The number of benzene rings is 2. The van der Waals surface area contributed by atoms with Crippen LogP contribution in [-0.4, -0.2) is 54.9 Å². The summed E-state index contributed by atoms with van der Waals surface area (Å²) < 4.78 is 16.3. The van der Waals surface area contributed by atoms with Crippen molar-refractivity contribution < 1.29 is 24.1 Å². The van der Waals surface area contributed by atoms with Gasteiger partial charge in [0.25, 0.3) is 5.91 Å². The van der Waals surface area contributed by atoms with E-state index >= 15 is 0 Å². The summed E-state index contributed by atoms with van der Waals surface area (Å²) in [4.78, 5) is 19.4. The average molecular weight is 471 g/mol. The third kappa shape index (κ3) is 5.56. The van der Waals surface area contributed by atoms with Crippen molar-refractivity contribution in [2.24, 2.45) is 0 Å². The van der Waals surface area contributed by atoms with E-state index in [-0.39, 0.29) is 29.7 Å². The first-order valence-corrected chi connectivity index (χ1v) is 10.7. The van der Waals surface area contributed by atoms with Crippen LogP contribution in [-0.2, 0) is 6.54 Å². The summed E-state index contributed by atoms with van der Waals surface area (Å²) in [5.41, 5.74) is 2.52. The molecule has 1 N–H and O–H groups in total. The second kappa shape index (κ2) is 11.0. The third-order valence-corrected chi connectivity index (χ3v) is 5.36.